The molecule has 3 heteroatoms. The van der Waals surface area contributed by atoms with E-state index in [0.29, 0.717) is 18.0 Å². The molecule has 0 spiro atoms. The highest BCUT2D eigenvalue weighted by molar-refractivity contribution is 5.86. The number of nitrogens with zero attached hydrogens (tertiary/aromatic N) is 1. The zero-order chi connectivity index (χ0) is 13.5. The van der Waals surface area contributed by atoms with Crippen molar-refractivity contribution in [3.63, 3.8) is 0 Å². The van der Waals surface area contributed by atoms with Crippen LogP contribution in [0.1, 0.15) is 52.4 Å². The smallest absolute Gasteiger partial charge is 0.331 e. The fraction of sp³-hybridized carbons (Fsp3) is 0.800. The van der Waals surface area contributed by atoms with Gasteiger partial charge in [0, 0.05) is 18.2 Å². The molecule has 0 unspecified atom stereocenters. The highest BCUT2D eigenvalue weighted by Gasteiger charge is 2.22. The van der Waals surface area contributed by atoms with Crippen LogP contribution in [0.15, 0.2) is 11.6 Å². The van der Waals surface area contributed by atoms with Crippen LogP contribution in [-0.2, 0) is 4.79 Å². The zero-order valence-corrected chi connectivity index (χ0v) is 12.0. The largest absolute Gasteiger partial charge is 0.478 e. The van der Waals surface area contributed by atoms with Gasteiger partial charge in [-0.1, -0.05) is 26.3 Å². The molecular weight excluding hydrogens is 226 g/mol. The molecule has 1 aliphatic carbocycles. The minimum Gasteiger partial charge on any atom is -0.478 e. The van der Waals surface area contributed by atoms with Crippen LogP contribution in [0.4, 0.5) is 0 Å². The Morgan fingerprint density at radius 1 is 1.28 bits per heavy atom. The summed E-state index contributed by atoms with van der Waals surface area (Å²) in [6, 6.07) is 0.635. The summed E-state index contributed by atoms with van der Waals surface area (Å²) in [7, 11) is 2.11. The Kier molecular flexibility index (Phi) is 6.41. The van der Waals surface area contributed by atoms with Gasteiger partial charge in [-0.25, -0.2) is 4.79 Å². The van der Waals surface area contributed by atoms with Crippen LogP contribution in [0.5, 0.6) is 0 Å². The van der Waals surface area contributed by atoms with Gasteiger partial charge in [0.2, 0.25) is 0 Å². The van der Waals surface area contributed by atoms with Gasteiger partial charge < -0.3 is 5.11 Å². The van der Waals surface area contributed by atoms with Crippen molar-refractivity contribution in [3.05, 3.63) is 11.6 Å². The van der Waals surface area contributed by atoms with E-state index in [2.05, 4.69) is 18.9 Å². The molecule has 0 atom stereocenters. The third-order valence-electron chi connectivity index (χ3n) is 4.30. The molecule has 18 heavy (non-hydrogen) atoms. The van der Waals surface area contributed by atoms with E-state index in [-0.39, 0.29) is 0 Å². The minimum atomic E-state index is -0.777. The summed E-state index contributed by atoms with van der Waals surface area (Å²) in [6.07, 6.45) is 8.95. The van der Waals surface area contributed by atoms with Crippen molar-refractivity contribution in [2.75, 3.05) is 13.6 Å². The molecule has 0 aliphatic heterocycles. The number of carbonyl (C=O) groups is 1. The Hall–Kier alpha value is -0.830. The first kappa shape index (κ1) is 15.2. The molecule has 0 saturated heterocycles. The number of carboxylic acids is 1. The molecule has 0 aromatic rings. The SMILES string of the molecule is CCC(=CCN(C)C1CCC(CC)CC1)C(=O)O. The molecule has 104 valence electrons. The Bertz CT molecular complexity index is 291. The topological polar surface area (TPSA) is 40.5 Å². The van der Waals surface area contributed by atoms with Crippen molar-refractivity contribution in [2.24, 2.45) is 5.92 Å². The van der Waals surface area contributed by atoms with Crippen LogP contribution in [0.25, 0.3) is 0 Å². The molecule has 0 heterocycles. The summed E-state index contributed by atoms with van der Waals surface area (Å²) >= 11 is 0. The van der Waals surface area contributed by atoms with E-state index < -0.39 is 5.97 Å². The number of rotatable bonds is 6. The normalized spacial score (nSPS) is 25.4. The average molecular weight is 253 g/mol. The maximum Gasteiger partial charge on any atom is 0.331 e. The predicted molar refractivity (Wildman–Crippen MR) is 74.7 cm³/mol. The van der Waals surface area contributed by atoms with Crippen molar-refractivity contribution in [3.8, 4) is 0 Å². The summed E-state index contributed by atoms with van der Waals surface area (Å²) < 4.78 is 0. The first-order valence-corrected chi connectivity index (χ1v) is 7.21. The third kappa shape index (κ3) is 4.45. The lowest BCUT2D eigenvalue weighted by Crippen LogP contribution is -2.35. The maximum absolute atomic E-state index is 10.9. The summed E-state index contributed by atoms with van der Waals surface area (Å²) in [5, 5.41) is 8.98. The van der Waals surface area contributed by atoms with Gasteiger partial charge in [0.1, 0.15) is 0 Å². The molecule has 1 saturated carbocycles. The summed E-state index contributed by atoms with van der Waals surface area (Å²) in [5.74, 6) is 0.135. The van der Waals surface area contributed by atoms with Crippen molar-refractivity contribution in [2.45, 2.75) is 58.4 Å². The molecular formula is C15H27NO2. The average Bonchev–Trinajstić information content (AvgIpc) is 2.39. The first-order valence-electron chi connectivity index (χ1n) is 7.21. The molecule has 0 amide bonds. The number of hydrogen-bond donors (Lipinski definition) is 1. The molecule has 1 fully saturated rings. The second kappa shape index (κ2) is 7.57. The molecule has 1 N–H and O–H groups in total. The van der Waals surface area contributed by atoms with E-state index in [1.54, 1.807) is 0 Å². The van der Waals surface area contributed by atoms with Crippen LogP contribution in [0.3, 0.4) is 0 Å². The molecule has 0 aromatic heterocycles. The van der Waals surface area contributed by atoms with Crippen molar-refractivity contribution < 1.29 is 9.90 Å². The number of carboxylic acid groups (broad SMARTS) is 1. The summed E-state index contributed by atoms with van der Waals surface area (Å²) in [4.78, 5) is 13.2. The van der Waals surface area contributed by atoms with Crippen LogP contribution < -0.4 is 0 Å². The first-order chi connectivity index (χ1) is 8.58. The van der Waals surface area contributed by atoms with E-state index in [1.165, 1.54) is 32.1 Å². The lowest BCUT2D eigenvalue weighted by Gasteiger charge is -2.34. The number of aliphatic carboxylic acids is 1. The fourth-order valence-corrected chi connectivity index (χ4v) is 2.78. The second-order valence-electron chi connectivity index (χ2n) is 5.41. The monoisotopic (exact) mass is 253 g/mol. The lowest BCUT2D eigenvalue weighted by atomic mass is 9.84. The molecule has 1 aliphatic rings. The van der Waals surface area contributed by atoms with Crippen LogP contribution in [0.2, 0.25) is 0 Å². The van der Waals surface area contributed by atoms with E-state index in [0.717, 1.165) is 12.5 Å². The highest BCUT2D eigenvalue weighted by Crippen LogP contribution is 2.28. The van der Waals surface area contributed by atoms with Gasteiger partial charge in [-0.05, 0) is 45.1 Å². The van der Waals surface area contributed by atoms with Gasteiger partial charge in [0.15, 0.2) is 0 Å². The van der Waals surface area contributed by atoms with Gasteiger partial charge >= 0.3 is 5.97 Å². The van der Waals surface area contributed by atoms with Crippen molar-refractivity contribution >= 4 is 5.97 Å². The Labute approximate surface area is 111 Å². The van der Waals surface area contributed by atoms with Crippen LogP contribution in [0, 0.1) is 5.92 Å². The van der Waals surface area contributed by atoms with Crippen molar-refractivity contribution in [1.29, 1.82) is 0 Å². The quantitative estimate of drug-likeness (QED) is 0.738. The molecule has 1 rings (SSSR count). The van der Waals surface area contributed by atoms with Crippen LogP contribution >= 0.6 is 0 Å². The predicted octanol–water partition coefficient (Wildman–Crippen LogP) is 3.31. The van der Waals surface area contributed by atoms with Crippen LogP contribution in [-0.4, -0.2) is 35.6 Å². The fourth-order valence-electron chi connectivity index (χ4n) is 2.78. The Morgan fingerprint density at radius 3 is 2.33 bits per heavy atom. The summed E-state index contributed by atoms with van der Waals surface area (Å²) in [5.41, 5.74) is 0.532. The number of likely N-dealkylation sites (N-methyl/N-ethyl adjacent to an activating group) is 1. The Balaban J connectivity index is 2.41. The zero-order valence-electron chi connectivity index (χ0n) is 12.0. The van der Waals surface area contributed by atoms with Gasteiger partial charge in [-0.2, -0.15) is 0 Å². The van der Waals surface area contributed by atoms with Gasteiger partial charge in [0.05, 0.1) is 0 Å². The molecule has 3 nitrogen and oxygen atoms in total. The summed E-state index contributed by atoms with van der Waals surface area (Å²) in [6.45, 7) is 4.93. The maximum atomic E-state index is 10.9. The molecule has 0 aromatic carbocycles. The van der Waals surface area contributed by atoms with Gasteiger partial charge in [-0.15, -0.1) is 0 Å². The number of hydrogen-bond acceptors (Lipinski definition) is 2. The van der Waals surface area contributed by atoms with E-state index >= 15 is 0 Å². The Morgan fingerprint density at radius 2 is 1.89 bits per heavy atom. The van der Waals surface area contributed by atoms with E-state index in [9.17, 15) is 4.79 Å². The van der Waals surface area contributed by atoms with E-state index in [1.807, 2.05) is 13.0 Å². The molecule has 0 bridgehead atoms. The van der Waals surface area contributed by atoms with Crippen molar-refractivity contribution in [1.82, 2.24) is 4.90 Å². The van der Waals surface area contributed by atoms with Gasteiger partial charge in [0.25, 0.3) is 0 Å². The minimum absolute atomic E-state index is 0.532. The standard InChI is InChI=1S/C15H27NO2/c1-4-12-6-8-14(9-7-12)16(3)11-10-13(5-2)15(17)18/h10,12,14H,4-9,11H2,1-3H3,(H,17,18). The third-order valence-corrected chi connectivity index (χ3v) is 4.30. The van der Waals surface area contributed by atoms with Gasteiger partial charge in [-0.3, -0.25) is 4.90 Å². The molecule has 0 radical (unpaired) electrons. The van der Waals surface area contributed by atoms with E-state index in [4.69, 9.17) is 5.11 Å². The highest BCUT2D eigenvalue weighted by atomic mass is 16.4. The second-order valence-corrected chi connectivity index (χ2v) is 5.41. The lowest BCUT2D eigenvalue weighted by molar-refractivity contribution is -0.132.